The smallest absolute Gasteiger partial charge is 0.338 e. The first kappa shape index (κ1) is 28.2. The molecule has 0 heterocycles. The maximum Gasteiger partial charge on any atom is 0.338 e. The van der Waals surface area contributed by atoms with Crippen molar-refractivity contribution in [2.45, 2.75) is 60.5 Å². The highest BCUT2D eigenvalue weighted by atomic mass is 35.5. The van der Waals surface area contributed by atoms with E-state index in [2.05, 4.69) is 46.9 Å². The van der Waals surface area contributed by atoms with Crippen molar-refractivity contribution in [2.75, 3.05) is 6.54 Å². The van der Waals surface area contributed by atoms with Crippen molar-refractivity contribution < 1.29 is 14.3 Å². The van der Waals surface area contributed by atoms with E-state index in [-0.39, 0.29) is 23.9 Å². The molecule has 6 heteroatoms. The highest BCUT2D eigenvalue weighted by molar-refractivity contribution is 6.31. The summed E-state index contributed by atoms with van der Waals surface area (Å²) in [6, 6.07) is 13.6. The first-order valence-electron chi connectivity index (χ1n) is 11.9. The number of ether oxygens (including phenoxy) is 1. The molecular weight excluding hydrogens is 469 g/mol. The van der Waals surface area contributed by atoms with Crippen molar-refractivity contribution in [3.8, 4) is 0 Å². The van der Waals surface area contributed by atoms with Crippen LogP contribution in [0.4, 0.5) is 0 Å². The van der Waals surface area contributed by atoms with Gasteiger partial charge in [-0.15, -0.1) is 0 Å². The van der Waals surface area contributed by atoms with Crippen LogP contribution in [0.3, 0.4) is 0 Å². The van der Waals surface area contributed by atoms with Gasteiger partial charge >= 0.3 is 5.97 Å². The van der Waals surface area contributed by atoms with E-state index in [1.54, 1.807) is 48.5 Å². The second-order valence-corrected chi connectivity index (χ2v) is 11.2. The monoisotopic (exact) mass is 505 g/mol. The van der Waals surface area contributed by atoms with Crippen LogP contribution in [0.1, 0.15) is 75.1 Å². The maximum atomic E-state index is 13.1. The Hall–Kier alpha value is -2.04. The van der Waals surface area contributed by atoms with E-state index in [1.165, 1.54) is 0 Å². The quantitative estimate of drug-likeness (QED) is 0.318. The number of benzene rings is 2. The Kier molecular flexibility index (Phi) is 10.5. The summed E-state index contributed by atoms with van der Waals surface area (Å²) in [5.74, 6) is 0.209. The molecule has 186 valence electrons. The van der Waals surface area contributed by atoms with Gasteiger partial charge in [-0.05, 0) is 79.1 Å². The minimum absolute atomic E-state index is 0.0567. The van der Waals surface area contributed by atoms with Crippen LogP contribution in [0.5, 0.6) is 0 Å². The number of esters is 1. The van der Waals surface area contributed by atoms with E-state index in [9.17, 15) is 9.59 Å². The zero-order valence-electron chi connectivity index (χ0n) is 21.0. The van der Waals surface area contributed by atoms with Crippen LogP contribution in [0.15, 0.2) is 48.5 Å². The summed E-state index contributed by atoms with van der Waals surface area (Å²) in [5.41, 5.74) is 0.579. The van der Waals surface area contributed by atoms with Crippen LogP contribution in [-0.4, -0.2) is 24.5 Å². The molecule has 2 rings (SSSR count). The molecule has 0 radical (unpaired) electrons. The Bertz CT molecular complexity index is 927. The fourth-order valence-corrected chi connectivity index (χ4v) is 5.14. The Morgan fingerprint density at radius 2 is 1.24 bits per heavy atom. The molecule has 2 aromatic rings. The number of carbonyl (C=O) groups is 2. The molecule has 34 heavy (non-hydrogen) atoms. The molecule has 4 nitrogen and oxygen atoms in total. The number of rotatable bonds is 11. The lowest BCUT2D eigenvalue weighted by molar-refractivity contribution is -0.0567. The molecule has 2 aromatic carbocycles. The van der Waals surface area contributed by atoms with Gasteiger partial charge in [-0.2, -0.15) is 0 Å². The number of halogens is 2. The summed E-state index contributed by atoms with van der Waals surface area (Å²) < 4.78 is 6.21. The van der Waals surface area contributed by atoms with Gasteiger partial charge in [0, 0.05) is 27.6 Å². The zero-order valence-corrected chi connectivity index (χ0v) is 22.5. The minimum Gasteiger partial charge on any atom is -0.458 e. The van der Waals surface area contributed by atoms with Crippen molar-refractivity contribution in [2.24, 2.45) is 23.2 Å². The maximum absolute atomic E-state index is 13.1. The molecule has 0 spiro atoms. The first-order valence-corrected chi connectivity index (χ1v) is 12.7. The third-order valence-electron chi connectivity index (χ3n) is 5.86. The molecule has 0 saturated heterocycles. The summed E-state index contributed by atoms with van der Waals surface area (Å²) >= 11 is 12.0. The topological polar surface area (TPSA) is 55.4 Å². The lowest BCUT2D eigenvalue weighted by Gasteiger charge is -2.44. The molecule has 0 aliphatic rings. The summed E-state index contributed by atoms with van der Waals surface area (Å²) in [7, 11) is 0. The average molecular weight is 507 g/mol. The number of nitrogens with one attached hydrogen (secondary N) is 1. The minimum atomic E-state index is -0.430. The van der Waals surface area contributed by atoms with Gasteiger partial charge in [0.05, 0.1) is 5.56 Å². The van der Waals surface area contributed by atoms with E-state index in [4.69, 9.17) is 27.9 Å². The van der Waals surface area contributed by atoms with Crippen LogP contribution in [-0.2, 0) is 4.74 Å². The van der Waals surface area contributed by atoms with Gasteiger partial charge in [-0.25, -0.2) is 4.79 Å². The lowest BCUT2D eigenvalue weighted by Crippen LogP contribution is -2.51. The number of hydrogen-bond donors (Lipinski definition) is 1. The predicted octanol–water partition coefficient (Wildman–Crippen LogP) is 7.68. The summed E-state index contributed by atoms with van der Waals surface area (Å²) in [5, 5.41) is 4.28. The fourth-order valence-electron chi connectivity index (χ4n) is 4.88. The molecular formula is C28H37Cl2NO3. The Labute approximate surface area is 214 Å². The van der Waals surface area contributed by atoms with Crippen molar-refractivity contribution in [1.82, 2.24) is 5.32 Å². The normalized spacial score (nSPS) is 12.8. The molecule has 1 N–H and O–H groups in total. The predicted molar refractivity (Wildman–Crippen MR) is 141 cm³/mol. The molecule has 1 atom stereocenters. The van der Waals surface area contributed by atoms with Crippen molar-refractivity contribution in [3.63, 3.8) is 0 Å². The van der Waals surface area contributed by atoms with Crippen LogP contribution in [0.25, 0.3) is 0 Å². The highest BCUT2D eigenvalue weighted by Crippen LogP contribution is 2.42. The SMILES string of the molecule is CC(C)CC(CNC(=O)c1ccc(Cl)cc1)(CC(C)C)C(OC(=O)c1ccc(Cl)cc1)C(C)C. The molecule has 0 saturated carbocycles. The Balaban J connectivity index is 2.38. The second-order valence-electron chi connectivity index (χ2n) is 10.3. The first-order chi connectivity index (χ1) is 15.9. The zero-order chi connectivity index (χ0) is 25.5. The molecule has 0 aliphatic carbocycles. The molecule has 0 bridgehead atoms. The summed E-state index contributed by atoms with van der Waals surface area (Å²) in [6.45, 7) is 13.2. The standard InChI is InChI=1S/C28H37Cl2NO3/c1-18(2)15-28(16-19(3)4,17-31-26(32)21-7-11-23(29)12-8-21)25(20(5)6)34-27(33)22-9-13-24(30)14-10-22/h7-14,18-20,25H,15-17H2,1-6H3,(H,31,32). The van der Waals surface area contributed by atoms with E-state index < -0.39 is 5.41 Å². The van der Waals surface area contributed by atoms with Crippen molar-refractivity contribution in [1.29, 1.82) is 0 Å². The molecule has 0 fully saturated rings. The van der Waals surface area contributed by atoms with E-state index >= 15 is 0 Å². The third-order valence-corrected chi connectivity index (χ3v) is 6.36. The van der Waals surface area contributed by atoms with Gasteiger partial charge in [0.15, 0.2) is 0 Å². The van der Waals surface area contributed by atoms with Crippen LogP contribution < -0.4 is 5.32 Å². The summed E-state index contributed by atoms with van der Waals surface area (Å²) in [4.78, 5) is 26.1. The average Bonchev–Trinajstić information content (AvgIpc) is 2.75. The highest BCUT2D eigenvalue weighted by Gasteiger charge is 2.44. The largest absolute Gasteiger partial charge is 0.458 e. The van der Waals surface area contributed by atoms with E-state index in [0.29, 0.717) is 39.6 Å². The van der Waals surface area contributed by atoms with Gasteiger partial charge in [0.1, 0.15) is 6.10 Å². The van der Waals surface area contributed by atoms with Gasteiger partial charge < -0.3 is 10.1 Å². The van der Waals surface area contributed by atoms with E-state index in [0.717, 1.165) is 12.8 Å². The van der Waals surface area contributed by atoms with Crippen LogP contribution in [0.2, 0.25) is 10.0 Å². The lowest BCUT2D eigenvalue weighted by atomic mass is 9.67. The molecule has 0 aromatic heterocycles. The third kappa shape index (κ3) is 8.02. The molecule has 0 aliphatic heterocycles. The van der Waals surface area contributed by atoms with Crippen LogP contribution >= 0.6 is 23.2 Å². The molecule has 1 unspecified atom stereocenters. The van der Waals surface area contributed by atoms with Gasteiger partial charge in [0.25, 0.3) is 5.91 Å². The van der Waals surface area contributed by atoms with Crippen LogP contribution in [0, 0.1) is 23.2 Å². The Morgan fingerprint density at radius 3 is 1.65 bits per heavy atom. The second kappa shape index (κ2) is 12.6. The fraction of sp³-hybridized carbons (Fsp3) is 0.500. The van der Waals surface area contributed by atoms with E-state index in [1.807, 2.05) is 0 Å². The van der Waals surface area contributed by atoms with Crippen molar-refractivity contribution >= 4 is 35.1 Å². The summed E-state index contributed by atoms with van der Waals surface area (Å²) in [6.07, 6.45) is 1.23. The Morgan fingerprint density at radius 1 is 0.794 bits per heavy atom. The van der Waals surface area contributed by atoms with Gasteiger partial charge in [-0.3, -0.25) is 4.79 Å². The van der Waals surface area contributed by atoms with Gasteiger partial charge in [-0.1, -0.05) is 64.7 Å². The molecule has 1 amide bonds. The number of amides is 1. The number of carbonyl (C=O) groups excluding carboxylic acids is 2. The van der Waals surface area contributed by atoms with Crippen molar-refractivity contribution in [3.05, 3.63) is 69.7 Å². The number of hydrogen-bond acceptors (Lipinski definition) is 3. The van der Waals surface area contributed by atoms with Gasteiger partial charge in [0.2, 0.25) is 0 Å².